The Morgan fingerprint density at radius 1 is 1.25 bits per heavy atom. The highest BCUT2D eigenvalue weighted by Gasteiger charge is 2.51. The van der Waals surface area contributed by atoms with Gasteiger partial charge in [0, 0.05) is 19.8 Å². The first-order valence-electron chi connectivity index (χ1n) is 8.93. The average Bonchev–Trinajstić information content (AvgIpc) is 3.04. The van der Waals surface area contributed by atoms with Crippen LogP contribution in [-0.2, 0) is 9.53 Å². The number of aromatic amines is 1. The van der Waals surface area contributed by atoms with Gasteiger partial charge < -0.3 is 9.64 Å². The zero-order chi connectivity index (χ0) is 16.7. The third-order valence-electron chi connectivity index (χ3n) is 6.21. The highest BCUT2D eigenvalue weighted by molar-refractivity contribution is 5.89. The molecule has 0 atom stereocenters. The molecule has 0 radical (unpaired) electrons. The van der Waals surface area contributed by atoms with Crippen molar-refractivity contribution in [1.82, 2.24) is 15.1 Å². The van der Waals surface area contributed by atoms with Gasteiger partial charge in [-0.1, -0.05) is 0 Å². The predicted octanol–water partition coefficient (Wildman–Crippen LogP) is 2.24. The van der Waals surface area contributed by atoms with E-state index in [1.807, 2.05) is 7.05 Å². The lowest BCUT2D eigenvalue weighted by molar-refractivity contribution is -0.138. The number of esters is 1. The number of ether oxygens (including phenoxy) is 1. The molecule has 6 nitrogen and oxygen atoms in total. The quantitative estimate of drug-likeness (QED) is 0.840. The Morgan fingerprint density at radius 2 is 1.88 bits per heavy atom. The summed E-state index contributed by atoms with van der Waals surface area (Å²) in [4.78, 5) is 25.9. The van der Waals surface area contributed by atoms with E-state index in [4.69, 9.17) is 4.74 Å². The van der Waals surface area contributed by atoms with Crippen LogP contribution in [0.5, 0.6) is 0 Å². The molecular weight excluding hydrogens is 306 g/mol. The molecule has 1 heterocycles. The van der Waals surface area contributed by atoms with Crippen LogP contribution in [0.25, 0.3) is 0 Å². The van der Waals surface area contributed by atoms with Crippen molar-refractivity contribution in [2.45, 2.75) is 38.5 Å². The van der Waals surface area contributed by atoms with E-state index in [2.05, 4.69) is 10.2 Å². The lowest BCUT2D eigenvalue weighted by Crippen LogP contribution is -2.51. The van der Waals surface area contributed by atoms with E-state index in [-0.39, 0.29) is 18.2 Å². The second kappa shape index (κ2) is 5.90. The number of hydrogen-bond donors (Lipinski definition) is 1. The molecule has 0 saturated heterocycles. The van der Waals surface area contributed by atoms with E-state index in [0.29, 0.717) is 5.41 Å². The van der Waals surface area contributed by atoms with Crippen LogP contribution < -0.4 is 0 Å². The monoisotopic (exact) mass is 331 g/mol. The summed E-state index contributed by atoms with van der Waals surface area (Å²) < 4.78 is 5.09. The van der Waals surface area contributed by atoms with Gasteiger partial charge in [-0.05, 0) is 67.8 Å². The SMILES string of the molecule is CN(CC12CC3CC(CC(C3)C1)C2)C(=O)COC(=O)c1ccn[nH]1. The highest BCUT2D eigenvalue weighted by atomic mass is 16.5. The molecule has 0 unspecified atom stereocenters. The maximum atomic E-state index is 12.4. The van der Waals surface area contributed by atoms with Crippen LogP contribution >= 0.6 is 0 Å². The Kier molecular flexibility index (Phi) is 3.85. The van der Waals surface area contributed by atoms with E-state index in [0.717, 1.165) is 24.3 Å². The minimum Gasteiger partial charge on any atom is -0.451 e. The molecule has 0 aliphatic heterocycles. The van der Waals surface area contributed by atoms with Crippen LogP contribution in [0.2, 0.25) is 0 Å². The number of carbonyl (C=O) groups is 2. The van der Waals surface area contributed by atoms with Crippen LogP contribution in [0, 0.1) is 23.2 Å². The lowest BCUT2D eigenvalue weighted by Gasteiger charge is -2.57. The Hall–Kier alpha value is -1.85. The van der Waals surface area contributed by atoms with E-state index in [1.54, 1.807) is 4.90 Å². The predicted molar refractivity (Wildman–Crippen MR) is 87.1 cm³/mol. The maximum absolute atomic E-state index is 12.4. The number of nitrogens with zero attached hydrogens (tertiary/aromatic N) is 2. The van der Waals surface area contributed by atoms with Gasteiger partial charge in [0.1, 0.15) is 5.69 Å². The number of likely N-dealkylation sites (N-methyl/N-ethyl adjacent to an activating group) is 1. The van der Waals surface area contributed by atoms with E-state index in [1.165, 1.54) is 50.8 Å². The van der Waals surface area contributed by atoms with Crippen LogP contribution in [0.3, 0.4) is 0 Å². The van der Waals surface area contributed by atoms with Gasteiger partial charge in [0.25, 0.3) is 5.91 Å². The van der Waals surface area contributed by atoms with Crippen LogP contribution in [0.15, 0.2) is 12.3 Å². The molecule has 4 saturated carbocycles. The summed E-state index contributed by atoms with van der Waals surface area (Å²) in [5, 5.41) is 6.25. The van der Waals surface area contributed by atoms with Crippen LogP contribution in [0.1, 0.15) is 49.0 Å². The highest BCUT2D eigenvalue weighted by Crippen LogP contribution is 2.60. The van der Waals surface area contributed by atoms with Crippen molar-refractivity contribution in [2.75, 3.05) is 20.2 Å². The smallest absolute Gasteiger partial charge is 0.356 e. The molecule has 130 valence electrons. The third-order valence-corrected chi connectivity index (χ3v) is 6.21. The Labute approximate surface area is 141 Å². The molecular formula is C18H25N3O3. The first-order valence-corrected chi connectivity index (χ1v) is 8.93. The Morgan fingerprint density at radius 3 is 2.42 bits per heavy atom. The maximum Gasteiger partial charge on any atom is 0.356 e. The van der Waals surface area contributed by atoms with Gasteiger partial charge in [-0.15, -0.1) is 0 Å². The first kappa shape index (κ1) is 15.7. The number of amides is 1. The molecule has 4 aliphatic carbocycles. The summed E-state index contributed by atoms with van der Waals surface area (Å²) in [6, 6.07) is 1.53. The molecule has 1 aromatic heterocycles. The molecule has 1 N–H and O–H groups in total. The Balaban J connectivity index is 1.32. The zero-order valence-corrected chi connectivity index (χ0v) is 14.2. The lowest BCUT2D eigenvalue weighted by atomic mass is 9.49. The second-order valence-electron chi connectivity index (χ2n) is 8.21. The van der Waals surface area contributed by atoms with Gasteiger partial charge in [-0.25, -0.2) is 4.79 Å². The van der Waals surface area contributed by atoms with Gasteiger partial charge >= 0.3 is 5.97 Å². The van der Waals surface area contributed by atoms with Crippen molar-refractivity contribution in [3.63, 3.8) is 0 Å². The first-order chi connectivity index (χ1) is 11.5. The van der Waals surface area contributed by atoms with Crippen molar-refractivity contribution < 1.29 is 14.3 Å². The second-order valence-corrected chi connectivity index (χ2v) is 8.21. The molecule has 4 fully saturated rings. The summed E-state index contributed by atoms with van der Waals surface area (Å²) >= 11 is 0. The molecule has 5 rings (SSSR count). The van der Waals surface area contributed by atoms with E-state index < -0.39 is 5.97 Å². The van der Waals surface area contributed by atoms with Crippen molar-refractivity contribution in [3.8, 4) is 0 Å². The fraction of sp³-hybridized carbons (Fsp3) is 0.722. The van der Waals surface area contributed by atoms with Gasteiger partial charge in [-0.2, -0.15) is 5.10 Å². The number of nitrogens with one attached hydrogen (secondary N) is 1. The fourth-order valence-corrected chi connectivity index (χ4v) is 5.76. The van der Waals surface area contributed by atoms with Gasteiger partial charge in [0.15, 0.2) is 6.61 Å². The molecule has 0 aromatic carbocycles. The molecule has 1 amide bonds. The van der Waals surface area contributed by atoms with E-state index in [9.17, 15) is 9.59 Å². The van der Waals surface area contributed by atoms with Crippen molar-refractivity contribution in [3.05, 3.63) is 18.0 Å². The number of carbonyl (C=O) groups excluding carboxylic acids is 2. The molecule has 1 aromatic rings. The molecule has 6 heteroatoms. The molecule has 0 spiro atoms. The van der Waals surface area contributed by atoms with Crippen molar-refractivity contribution in [2.24, 2.45) is 23.2 Å². The summed E-state index contributed by atoms with van der Waals surface area (Å²) in [6.45, 7) is 0.595. The molecule has 24 heavy (non-hydrogen) atoms. The van der Waals surface area contributed by atoms with Gasteiger partial charge in [0.05, 0.1) is 0 Å². The van der Waals surface area contributed by atoms with Gasteiger partial charge in [-0.3, -0.25) is 9.89 Å². The minimum atomic E-state index is -0.538. The number of hydrogen-bond acceptors (Lipinski definition) is 4. The molecule has 4 bridgehead atoms. The van der Waals surface area contributed by atoms with Crippen molar-refractivity contribution >= 4 is 11.9 Å². The number of aromatic nitrogens is 2. The Bertz CT molecular complexity index is 590. The topological polar surface area (TPSA) is 75.3 Å². The zero-order valence-electron chi connectivity index (χ0n) is 14.2. The van der Waals surface area contributed by atoms with Crippen LogP contribution in [-0.4, -0.2) is 47.2 Å². The van der Waals surface area contributed by atoms with Crippen molar-refractivity contribution in [1.29, 1.82) is 0 Å². The summed E-state index contributed by atoms with van der Waals surface area (Å²) in [6.07, 6.45) is 9.49. The van der Waals surface area contributed by atoms with Gasteiger partial charge in [0.2, 0.25) is 0 Å². The number of H-pyrrole nitrogens is 1. The standard InChI is InChI=1S/C18H25N3O3/c1-21(16(22)10-24-17(23)15-2-3-19-20-15)11-18-7-12-4-13(8-18)6-14(5-12)9-18/h2-3,12-14H,4-11H2,1H3,(H,19,20). The summed E-state index contributed by atoms with van der Waals surface area (Å²) in [5.74, 6) is 1.96. The average molecular weight is 331 g/mol. The largest absolute Gasteiger partial charge is 0.451 e. The van der Waals surface area contributed by atoms with E-state index >= 15 is 0 Å². The molecule has 4 aliphatic rings. The van der Waals surface area contributed by atoms with Crippen LogP contribution in [0.4, 0.5) is 0 Å². The minimum absolute atomic E-state index is 0.126. The third kappa shape index (κ3) is 2.94. The fourth-order valence-electron chi connectivity index (χ4n) is 5.76. The normalized spacial score (nSPS) is 33.5. The summed E-state index contributed by atoms with van der Waals surface area (Å²) in [5.41, 5.74) is 0.582. The summed E-state index contributed by atoms with van der Waals surface area (Å²) in [7, 11) is 1.84. The number of rotatable bonds is 5.